The summed E-state index contributed by atoms with van der Waals surface area (Å²) in [6, 6.07) is 19.1. The van der Waals surface area contributed by atoms with Crippen molar-refractivity contribution < 1.29 is 14.4 Å². The molecule has 5 heteroatoms. The van der Waals surface area contributed by atoms with E-state index >= 15 is 0 Å². The Morgan fingerprint density at radius 2 is 1.29 bits per heavy atom. The lowest BCUT2D eigenvalue weighted by molar-refractivity contribution is 0.0926. The number of fused-ring (bicyclic) bond motifs is 1. The van der Waals surface area contributed by atoms with Gasteiger partial charge in [0.05, 0.1) is 22.4 Å². The van der Waals surface area contributed by atoms with Crippen LogP contribution < -0.4 is 10.2 Å². The van der Waals surface area contributed by atoms with E-state index in [1.54, 1.807) is 48.5 Å². The van der Waals surface area contributed by atoms with Crippen LogP contribution in [0, 0.1) is 13.8 Å². The van der Waals surface area contributed by atoms with Gasteiger partial charge in [0, 0.05) is 5.69 Å². The average Bonchev–Trinajstić information content (AvgIpc) is 2.95. The summed E-state index contributed by atoms with van der Waals surface area (Å²) in [5, 5.41) is 2.92. The first-order chi connectivity index (χ1) is 13.5. The molecule has 3 amide bonds. The highest BCUT2D eigenvalue weighted by Crippen LogP contribution is 2.31. The van der Waals surface area contributed by atoms with Crippen LogP contribution in [0.5, 0.6) is 0 Å². The van der Waals surface area contributed by atoms with Gasteiger partial charge in [-0.3, -0.25) is 14.4 Å². The number of para-hydroxylation sites is 2. The van der Waals surface area contributed by atoms with Gasteiger partial charge in [0.2, 0.25) is 0 Å². The Balaban J connectivity index is 1.74. The van der Waals surface area contributed by atoms with Crippen LogP contribution in [0.25, 0.3) is 0 Å². The van der Waals surface area contributed by atoms with Gasteiger partial charge < -0.3 is 5.32 Å². The molecule has 0 unspecified atom stereocenters. The standard InChI is InChI=1S/C23H18N2O3/c1-14-8-7-9-15(2)20(14)24-21(26)18-12-5-6-13-19(18)25-22(27)16-10-3-4-11-17(16)23(25)28/h3-13H,1-2H3,(H,24,26). The molecule has 3 aromatic rings. The third kappa shape index (κ3) is 2.77. The van der Waals surface area contributed by atoms with Crippen molar-refractivity contribution in [1.82, 2.24) is 0 Å². The van der Waals surface area contributed by atoms with Crippen LogP contribution in [-0.4, -0.2) is 17.7 Å². The molecule has 3 aromatic carbocycles. The number of aryl methyl sites for hydroxylation is 2. The number of carbonyl (C=O) groups excluding carboxylic acids is 3. The predicted octanol–water partition coefficient (Wildman–Crippen LogP) is 4.36. The zero-order valence-corrected chi connectivity index (χ0v) is 15.5. The number of carbonyl (C=O) groups is 3. The van der Waals surface area contributed by atoms with Gasteiger partial charge >= 0.3 is 0 Å². The Labute approximate surface area is 162 Å². The van der Waals surface area contributed by atoms with Crippen LogP contribution in [0.3, 0.4) is 0 Å². The molecule has 1 heterocycles. The summed E-state index contributed by atoms with van der Waals surface area (Å²) in [4.78, 5) is 39.7. The molecule has 1 N–H and O–H groups in total. The molecule has 138 valence electrons. The summed E-state index contributed by atoms with van der Waals surface area (Å²) in [6.07, 6.45) is 0. The third-order valence-corrected chi connectivity index (χ3v) is 4.90. The van der Waals surface area contributed by atoms with E-state index in [4.69, 9.17) is 0 Å². The van der Waals surface area contributed by atoms with Gasteiger partial charge in [-0.1, -0.05) is 42.5 Å². The quantitative estimate of drug-likeness (QED) is 0.697. The molecule has 0 saturated heterocycles. The van der Waals surface area contributed by atoms with E-state index < -0.39 is 11.8 Å². The molecule has 28 heavy (non-hydrogen) atoms. The van der Waals surface area contributed by atoms with Crippen LogP contribution in [-0.2, 0) is 0 Å². The molecule has 0 fully saturated rings. The maximum Gasteiger partial charge on any atom is 0.266 e. The molecular weight excluding hydrogens is 352 g/mol. The zero-order chi connectivity index (χ0) is 19.8. The van der Waals surface area contributed by atoms with Crippen molar-refractivity contribution in [1.29, 1.82) is 0 Å². The number of nitrogens with zero attached hydrogens (tertiary/aromatic N) is 1. The molecule has 1 aliphatic rings. The second kappa shape index (κ2) is 6.78. The van der Waals surface area contributed by atoms with Gasteiger partial charge in [-0.05, 0) is 49.2 Å². The number of nitrogens with one attached hydrogen (secondary N) is 1. The van der Waals surface area contributed by atoms with Crippen molar-refractivity contribution in [3.05, 3.63) is 94.5 Å². The summed E-state index contributed by atoms with van der Waals surface area (Å²) in [5.41, 5.74) is 3.83. The molecule has 0 radical (unpaired) electrons. The number of imide groups is 1. The van der Waals surface area contributed by atoms with Gasteiger partial charge in [0.25, 0.3) is 17.7 Å². The van der Waals surface area contributed by atoms with Crippen LogP contribution in [0.1, 0.15) is 42.2 Å². The molecule has 0 spiro atoms. The van der Waals surface area contributed by atoms with E-state index in [1.807, 2.05) is 32.0 Å². The van der Waals surface area contributed by atoms with Crippen LogP contribution in [0.15, 0.2) is 66.7 Å². The molecule has 0 aliphatic carbocycles. The van der Waals surface area contributed by atoms with Gasteiger partial charge in [-0.2, -0.15) is 0 Å². The lowest BCUT2D eigenvalue weighted by atomic mass is 10.1. The van der Waals surface area contributed by atoms with Crippen LogP contribution in [0.4, 0.5) is 11.4 Å². The fourth-order valence-electron chi connectivity index (χ4n) is 3.46. The SMILES string of the molecule is Cc1cccc(C)c1NC(=O)c1ccccc1N1C(=O)c2ccccc2C1=O. The Hall–Kier alpha value is -3.73. The van der Waals surface area contributed by atoms with E-state index in [1.165, 1.54) is 0 Å². The smallest absolute Gasteiger partial charge is 0.266 e. The van der Waals surface area contributed by atoms with Crippen LogP contribution >= 0.6 is 0 Å². The minimum atomic E-state index is -0.423. The minimum absolute atomic E-state index is 0.264. The highest BCUT2D eigenvalue weighted by atomic mass is 16.2. The van der Waals surface area contributed by atoms with Crippen molar-refractivity contribution in [3.8, 4) is 0 Å². The second-order valence-electron chi connectivity index (χ2n) is 6.73. The largest absolute Gasteiger partial charge is 0.321 e. The van der Waals surface area contributed by atoms with Crippen molar-refractivity contribution >= 4 is 29.1 Å². The fraction of sp³-hybridized carbons (Fsp3) is 0.0870. The Kier molecular flexibility index (Phi) is 4.28. The number of hydrogen-bond donors (Lipinski definition) is 1. The van der Waals surface area contributed by atoms with E-state index in [0.717, 1.165) is 21.7 Å². The lowest BCUT2D eigenvalue weighted by Crippen LogP contribution is -2.31. The summed E-state index contributed by atoms with van der Waals surface area (Å²) in [5.74, 6) is -1.22. The van der Waals surface area contributed by atoms with Gasteiger partial charge in [-0.25, -0.2) is 4.90 Å². The van der Waals surface area contributed by atoms with Crippen LogP contribution in [0.2, 0.25) is 0 Å². The molecule has 0 aromatic heterocycles. The predicted molar refractivity (Wildman–Crippen MR) is 108 cm³/mol. The highest BCUT2D eigenvalue weighted by molar-refractivity contribution is 6.35. The number of anilines is 2. The maximum absolute atomic E-state index is 13.0. The number of amides is 3. The monoisotopic (exact) mass is 370 g/mol. The van der Waals surface area contributed by atoms with Crippen molar-refractivity contribution in [2.24, 2.45) is 0 Å². The Morgan fingerprint density at radius 1 is 0.750 bits per heavy atom. The lowest BCUT2D eigenvalue weighted by Gasteiger charge is -2.19. The van der Waals surface area contributed by atoms with Gasteiger partial charge in [0.15, 0.2) is 0 Å². The Bertz CT molecular complexity index is 1080. The minimum Gasteiger partial charge on any atom is -0.321 e. The number of benzene rings is 3. The third-order valence-electron chi connectivity index (χ3n) is 4.90. The number of rotatable bonds is 3. The molecule has 1 aliphatic heterocycles. The first-order valence-corrected chi connectivity index (χ1v) is 8.93. The van der Waals surface area contributed by atoms with Crippen molar-refractivity contribution in [2.75, 3.05) is 10.2 Å². The Morgan fingerprint density at radius 3 is 1.89 bits per heavy atom. The first-order valence-electron chi connectivity index (χ1n) is 8.93. The summed E-state index contributed by atoms with van der Waals surface area (Å²) in [6.45, 7) is 3.83. The molecule has 0 atom stereocenters. The molecule has 0 saturated carbocycles. The summed E-state index contributed by atoms with van der Waals surface area (Å²) < 4.78 is 0. The fourth-order valence-corrected chi connectivity index (χ4v) is 3.46. The topological polar surface area (TPSA) is 66.5 Å². The van der Waals surface area contributed by atoms with E-state index in [9.17, 15) is 14.4 Å². The van der Waals surface area contributed by atoms with Gasteiger partial charge in [-0.15, -0.1) is 0 Å². The van der Waals surface area contributed by atoms with E-state index in [2.05, 4.69) is 5.32 Å². The maximum atomic E-state index is 13.0. The average molecular weight is 370 g/mol. The molecule has 5 nitrogen and oxygen atoms in total. The number of hydrogen-bond acceptors (Lipinski definition) is 3. The van der Waals surface area contributed by atoms with Crippen molar-refractivity contribution in [3.63, 3.8) is 0 Å². The first kappa shape index (κ1) is 17.7. The van der Waals surface area contributed by atoms with Gasteiger partial charge in [0.1, 0.15) is 0 Å². The van der Waals surface area contributed by atoms with E-state index in [-0.39, 0.29) is 17.2 Å². The summed E-state index contributed by atoms with van der Waals surface area (Å²) in [7, 11) is 0. The molecular formula is C23H18N2O3. The molecule has 4 rings (SSSR count). The van der Waals surface area contributed by atoms with E-state index in [0.29, 0.717) is 11.1 Å². The van der Waals surface area contributed by atoms with Crippen molar-refractivity contribution in [2.45, 2.75) is 13.8 Å². The molecule has 0 bridgehead atoms. The summed E-state index contributed by atoms with van der Waals surface area (Å²) >= 11 is 0. The highest BCUT2D eigenvalue weighted by Gasteiger charge is 2.37. The second-order valence-corrected chi connectivity index (χ2v) is 6.73. The zero-order valence-electron chi connectivity index (χ0n) is 15.5. The normalized spacial score (nSPS) is 12.9.